The van der Waals surface area contributed by atoms with Gasteiger partial charge in [0, 0.05) is 13.1 Å². The first kappa shape index (κ1) is 13.9. The van der Waals surface area contributed by atoms with Gasteiger partial charge in [-0.1, -0.05) is 0 Å². The highest BCUT2D eigenvalue weighted by molar-refractivity contribution is 7.87. The molecule has 1 amide bonds. The van der Waals surface area contributed by atoms with Gasteiger partial charge in [0.1, 0.15) is 6.54 Å². The molecule has 3 N–H and O–H groups in total. The smallest absolute Gasteiger partial charge is 0.322 e. The van der Waals surface area contributed by atoms with E-state index >= 15 is 0 Å². The van der Waals surface area contributed by atoms with Crippen LogP contribution in [0.2, 0.25) is 0 Å². The third-order valence-electron chi connectivity index (χ3n) is 2.26. The Labute approximate surface area is 99.2 Å². The minimum absolute atomic E-state index is 0.450. The number of amides is 1. The molecule has 0 aromatic heterocycles. The largest absolute Gasteiger partial charge is 0.480 e. The Kier molecular flexibility index (Phi) is 4.85. The van der Waals surface area contributed by atoms with E-state index in [9.17, 15) is 18.0 Å². The Morgan fingerprint density at radius 1 is 1.18 bits per heavy atom. The summed E-state index contributed by atoms with van der Waals surface area (Å²) in [6, 6.07) is 0. The quantitative estimate of drug-likeness (QED) is 0.519. The summed E-state index contributed by atoms with van der Waals surface area (Å²) >= 11 is 0. The lowest BCUT2D eigenvalue weighted by Gasteiger charge is -2.15. The topological polar surface area (TPSA) is 116 Å². The van der Waals surface area contributed by atoms with Crippen LogP contribution in [0.1, 0.15) is 12.8 Å². The lowest BCUT2D eigenvalue weighted by molar-refractivity contribution is -0.137. The zero-order valence-electron chi connectivity index (χ0n) is 9.18. The predicted octanol–water partition coefficient (Wildman–Crippen LogP) is -1.88. The molecule has 0 saturated carbocycles. The Balaban J connectivity index is 2.33. The second-order valence-corrected chi connectivity index (χ2v) is 5.36. The molecule has 98 valence electrons. The number of rotatable bonds is 6. The molecule has 0 bridgehead atoms. The van der Waals surface area contributed by atoms with Gasteiger partial charge in [0.05, 0.1) is 6.54 Å². The number of carboxylic acid groups (broad SMARTS) is 1. The summed E-state index contributed by atoms with van der Waals surface area (Å²) in [5.41, 5.74) is 0. The van der Waals surface area contributed by atoms with Crippen LogP contribution < -0.4 is 10.0 Å². The third-order valence-corrected chi connectivity index (χ3v) is 3.81. The van der Waals surface area contributed by atoms with Crippen molar-refractivity contribution in [2.45, 2.75) is 12.8 Å². The summed E-state index contributed by atoms with van der Waals surface area (Å²) in [5.74, 6) is -1.85. The number of nitrogens with one attached hydrogen (secondary N) is 2. The molecule has 8 nitrogen and oxygen atoms in total. The van der Waals surface area contributed by atoms with Crippen molar-refractivity contribution in [3.8, 4) is 0 Å². The third kappa shape index (κ3) is 4.67. The van der Waals surface area contributed by atoms with E-state index in [1.165, 1.54) is 4.31 Å². The van der Waals surface area contributed by atoms with Gasteiger partial charge in [-0.15, -0.1) is 0 Å². The standard InChI is InChI=1S/C8H15N3O5S/c12-7(9-6-8(13)14)5-10-17(15,16)11-3-1-2-4-11/h10H,1-6H2,(H,9,12)(H,13,14). The van der Waals surface area contributed by atoms with Crippen molar-refractivity contribution in [2.24, 2.45) is 0 Å². The number of carbonyl (C=O) groups excluding carboxylic acids is 1. The van der Waals surface area contributed by atoms with Gasteiger partial charge in [-0.05, 0) is 12.8 Å². The van der Waals surface area contributed by atoms with Gasteiger partial charge < -0.3 is 10.4 Å². The van der Waals surface area contributed by atoms with E-state index in [1.807, 2.05) is 0 Å². The maximum atomic E-state index is 11.6. The molecule has 0 spiro atoms. The number of hydrogen-bond donors (Lipinski definition) is 3. The molecule has 17 heavy (non-hydrogen) atoms. The minimum Gasteiger partial charge on any atom is -0.480 e. The lowest BCUT2D eigenvalue weighted by atomic mass is 10.4. The SMILES string of the molecule is O=C(O)CNC(=O)CNS(=O)(=O)N1CCCC1. The monoisotopic (exact) mass is 265 g/mol. The van der Waals surface area contributed by atoms with Crippen LogP contribution in [-0.2, 0) is 19.8 Å². The highest BCUT2D eigenvalue weighted by atomic mass is 32.2. The van der Waals surface area contributed by atoms with E-state index in [4.69, 9.17) is 5.11 Å². The van der Waals surface area contributed by atoms with E-state index in [-0.39, 0.29) is 0 Å². The Bertz CT molecular complexity index is 388. The van der Waals surface area contributed by atoms with Crippen LogP contribution in [0, 0.1) is 0 Å². The van der Waals surface area contributed by atoms with Gasteiger partial charge in [0.25, 0.3) is 10.2 Å². The molecule has 1 fully saturated rings. The van der Waals surface area contributed by atoms with Crippen molar-refractivity contribution < 1.29 is 23.1 Å². The lowest BCUT2D eigenvalue weighted by Crippen LogP contribution is -2.44. The zero-order chi connectivity index (χ0) is 12.9. The molecule has 0 atom stereocenters. The average Bonchev–Trinajstić information content (AvgIpc) is 2.77. The van der Waals surface area contributed by atoms with Crippen molar-refractivity contribution in [3.63, 3.8) is 0 Å². The fourth-order valence-corrected chi connectivity index (χ4v) is 2.65. The van der Waals surface area contributed by atoms with E-state index in [1.54, 1.807) is 0 Å². The van der Waals surface area contributed by atoms with Crippen LogP contribution in [-0.4, -0.2) is 55.9 Å². The molecule has 1 heterocycles. The van der Waals surface area contributed by atoms with Crippen LogP contribution in [0.25, 0.3) is 0 Å². The maximum absolute atomic E-state index is 11.6. The molecule has 1 rings (SSSR count). The molecule has 0 aromatic carbocycles. The highest BCUT2D eigenvalue weighted by Crippen LogP contribution is 2.10. The number of carboxylic acids is 1. The molecular formula is C8H15N3O5S. The number of aliphatic carboxylic acids is 1. The Hall–Kier alpha value is -1.19. The molecule has 1 aliphatic heterocycles. The van der Waals surface area contributed by atoms with Gasteiger partial charge in [-0.25, -0.2) is 0 Å². The minimum atomic E-state index is -3.62. The molecule has 9 heteroatoms. The molecule has 1 aliphatic rings. The summed E-state index contributed by atoms with van der Waals surface area (Å²) in [7, 11) is -3.62. The van der Waals surface area contributed by atoms with E-state index < -0.39 is 35.2 Å². The van der Waals surface area contributed by atoms with Gasteiger partial charge in [0.2, 0.25) is 5.91 Å². The Morgan fingerprint density at radius 2 is 1.76 bits per heavy atom. The molecule has 0 radical (unpaired) electrons. The summed E-state index contributed by atoms with van der Waals surface area (Å²) in [4.78, 5) is 21.2. The molecule has 0 aliphatic carbocycles. The van der Waals surface area contributed by atoms with E-state index in [0.717, 1.165) is 12.8 Å². The van der Waals surface area contributed by atoms with E-state index in [2.05, 4.69) is 10.0 Å². The summed E-state index contributed by atoms with van der Waals surface area (Å²) in [6.45, 7) is -0.0749. The molecule has 0 aromatic rings. The van der Waals surface area contributed by atoms with Crippen LogP contribution in [0.3, 0.4) is 0 Å². The number of carbonyl (C=O) groups is 2. The normalized spacial score (nSPS) is 16.9. The van der Waals surface area contributed by atoms with Crippen molar-refractivity contribution in [1.29, 1.82) is 0 Å². The van der Waals surface area contributed by atoms with Crippen LogP contribution in [0.5, 0.6) is 0 Å². The van der Waals surface area contributed by atoms with Gasteiger partial charge in [0.15, 0.2) is 0 Å². The summed E-state index contributed by atoms with van der Waals surface area (Å²) in [6.07, 6.45) is 1.62. The predicted molar refractivity (Wildman–Crippen MR) is 58.4 cm³/mol. The van der Waals surface area contributed by atoms with Crippen molar-refractivity contribution in [3.05, 3.63) is 0 Å². The highest BCUT2D eigenvalue weighted by Gasteiger charge is 2.25. The van der Waals surface area contributed by atoms with Gasteiger partial charge in [-0.2, -0.15) is 17.4 Å². The second-order valence-electron chi connectivity index (χ2n) is 3.60. The van der Waals surface area contributed by atoms with Crippen molar-refractivity contribution >= 4 is 22.1 Å². The maximum Gasteiger partial charge on any atom is 0.322 e. The first-order chi connectivity index (χ1) is 7.92. The fraction of sp³-hybridized carbons (Fsp3) is 0.750. The van der Waals surface area contributed by atoms with Gasteiger partial charge >= 0.3 is 5.97 Å². The van der Waals surface area contributed by atoms with Crippen molar-refractivity contribution in [1.82, 2.24) is 14.3 Å². The first-order valence-corrected chi connectivity index (χ1v) is 6.59. The first-order valence-electron chi connectivity index (χ1n) is 5.15. The van der Waals surface area contributed by atoms with Crippen LogP contribution >= 0.6 is 0 Å². The van der Waals surface area contributed by atoms with E-state index in [0.29, 0.717) is 13.1 Å². The molecule has 1 saturated heterocycles. The molecular weight excluding hydrogens is 250 g/mol. The second kappa shape index (κ2) is 5.94. The average molecular weight is 265 g/mol. The fourth-order valence-electron chi connectivity index (χ4n) is 1.41. The van der Waals surface area contributed by atoms with Crippen LogP contribution in [0.15, 0.2) is 0 Å². The number of hydrogen-bond acceptors (Lipinski definition) is 4. The Morgan fingerprint density at radius 3 is 2.29 bits per heavy atom. The number of nitrogens with zero attached hydrogens (tertiary/aromatic N) is 1. The summed E-state index contributed by atoms with van der Waals surface area (Å²) < 4.78 is 26.6. The van der Waals surface area contributed by atoms with Gasteiger partial charge in [-0.3, -0.25) is 9.59 Å². The van der Waals surface area contributed by atoms with Crippen LogP contribution in [0.4, 0.5) is 0 Å². The zero-order valence-corrected chi connectivity index (χ0v) is 9.99. The summed E-state index contributed by atoms with van der Waals surface area (Å²) in [5, 5.41) is 10.4. The van der Waals surface area contributed by atoms with Crippen molar-refractivity contribution in [2.75, 3.05) is 26.2 Å². The molecule has 0 unspecified atom stereocenters.